The van der Waals surface area contributed by atoms with Crippen LogP contribution in [-0.2, 0) is 28.6 Å². The number of hydrogen-bond acceptors (Lipinski definition) is 6. The molecule has 61 heavy (non-hydrogen) atoms. The molecule has 350 valence electrons. The predicted octanol–water partition coefficient (Wildman–Crippen LogP) is 13.9. The van der Waals surface area contributed by atoms with E-state index in [2.05, 4.69) is 86.8 Å². The van der Waals surface area contributed by atoms with Crippen LogP contribution in [0.4, 0.5) is 0 Å². The minimum atomic E-state index is -0.880. The fraction of sp³-hybridized carbons (Fsp3) is 0.717. The Hall–Kier alpha value is -3.23. The van der Waals surface area contributed by atoms with Crippen LogP contribution >= 0.6 is 0 Å². The number of carboxylic acids is 1. The Bertz CT molecular complexity index is 1230. The largest absolute Gasteiger partial charge is 0.477 e. The summed E-state index contributed by atoms with van der Waals surface area (Å²) in [5.74, 6) is -1.50. The molecule has 0 heterocycles. The van der Waals surface area contributed by atoms with Crippen molar-refractivity contribution in [1.82, 2.24) is 0 Å². The number of aliphatic carboxylic acids is 1. The Balaban J connectivity index is 4.32. The molecule has 8 heteroatoms. The van der Waals surface area contributed by atoms with Gasteiger partial charge in [-0.25, -0.2) is 4.79 Å². The number of carboxylic acid groups (broad SMARTS) is 1. The van der Waals surface area contributed by atoms with Crippen molar-refractivity contribution in [3.05, 3.63) is 72.9 Å². The van der Waals surface area contributed by atoms with Gasteiger partial charge in [0, 0.05) is 19.3 Å². The van der Waals surface area contributed by atoms with Crippen molar-refractivity contribution in [3.63, 3.8) is 0 Å². The zero-order valence-corrected chi connectivity index (χ0v) is 39.8. The van der Waals surface area contributed by atoms with Crippen molar-refractivity contribution in [1.29, 1.82) is 0 Å². The molecule has 0 bridgehead atoms. The van der Waals surface area contributed by atoms with Crippen LogP contribution in [0.2, 0.25) is 0 Å². The summed E-state index contributed by atoms with van der Waals surface area (Å²) in [7, 11) is 5.52. The molecule has 0 aromatic rings. The van der Waals surface area contributed by atoms with Gasteiger partial charge in [-0.1, -0.05) is 183 Å². The van der Waals surface area contributed by atoms with Gasteiger partial charge in [0.1, 0.15) is 6.61 Å². The van der Waals surface area contributed by atoms with Gasteiger partial charge in [-0.2, -0.15) is 0 Å². The minimum absolute atomic E-state index is 0.0514. The topological polar surface area (TPSA) is 99.1 Å². The second-order valence-corrected chi connectivity index (χ2v) is 17.3. The number of likely N-dealkylation sites (N-methyl/N-ethyl adjacent to an activating group) is 1. The highest BCUT2D eigenvalue weighted by atomic mass is 16.6. The van der Waals surface area contributed by atoms with Crippen LogP contribution in [0.3, 0.4) is 0 Å². The third-order valence-corrected chi connectivity index (χ3v) is 10.6. The van der Waals surface area contributed by atoms with E-state index in [-0.39, 0.29) is 36.2 Å². The number of allylic oxidation sites excluding steroid dienone is 12. The van der Waals surface area contributed by atoms with Crippen LogP contribution in [0.15, 0.2) is 72.9 Å². The van der Waals surface area contributed by atoms with Gasteiger partial charge in [-0.3, -0.25) is 9.59 Å². The van der Waals surface area contributed by atoms with Crippen molar-refractivity contribution in [2.45, 2.75) is 206 Å². The Morgan fingerprint density at radius 2 is 0.918 bits per heavy atom. The molecule has 0 aliphatic rings. The highest BCUT2D eigenvalue weighted by molar-refractivity contribution is 5.72. The number of carbonyl (C=O) groups excluding carboxylic acids is 2. The lowest BCUT2D eigenvalue weighted by Gasteiger charge is -2.31. The summed E-state index contributed by atoms with van der Waals surface area (Å²) in [6, 6.07) is -0.621. The molecule has 0 aromatic carbocycles. The first-order chi connectivity index (χ1) is 29.6. The Labute approximate surface area is 374 Å². The first kappa shape index (κ1) is 57.8. The molecule has 0 fully saturated rings. The lowest BCUT2D eigenvalue weighted by atomic mass is 10.0. The summed E-state index contributed by atoms with van der Waals surface area (Å²) in [5, 5.41) is 9.64. The van der Waals surface area contributed by atoms with E-state index in [4.69, 9.17) is 14.2 Å². The van der Waals surface area contributed by atoms with Gasteiger partial charge in [0.15, 0.2) is 12.1 Å². The van der Waals surface area contributed by atoms with Gasteiger partial charge >= 0.3 is 17.9 Å². The molecule has 0 saturated carbocycles. The van der Waals surface area contributed by atoms with E-state index < -0.39 is 18.1 Å². The average Bonchev–Trinajstić information content (AvgIpc) is 3.22. The lowest BCUT2D eigenvalue weighted by molar-refractivity contribution is -0.887. The molecule has 0 amide bonds. The van der Waals surface area contributed by atoms with Crippen LogP contribution in [-0.4, -0.2) is 80.6 Å². The maximum absolute atomic E-state index is 12.7. The first-order valence-corrected chi connectivity index (χ1v) is 24.5. The van der Waals surface area contributed by atoms with Crippen LogP contribution in [0.25, 0.3) is 0 Å². The van der Waals surface area contributed by atoms with Gasteiger partial charge in [0.25, 0.3) is 0 Å². The van der Waals surface area contributed by atoms with Crippen molar-refractivity contribution < 1.29 is 38.2 Å². The first-order valence-electron chi connectivity index (χ1n) is 24.5. The Kier molecular flexibility index (Phi) is 41.1. The fourth-order valence-corrected chi connectivity index (χ4v) is 6.86. The second kappa shape index (κ2) is 43.4. The number of rotatable bonds is 43. The normalized spacial score (nSPS) is 13.5. The number of ether oxygens (including phenoxy) is 3. The van der Waals surface area contributed by atoms with Crippen molar-refractivity contribution in [2.75, 3.05) is 41.0 Å². The molecule has 0 saturated heterocycles. The molecular formula is C53H92NO7+. The molecule has 1 N–H and O–H groups in total. The number of hydrogen-bond donors (Lipinski definition) is 1. The molecule has 0 radical (unpaired) electrons. The van der Waals surface area contributed by atoms with Gasteiger partial charge in [-0.15, -0.1) is 0 Å². The van der Waals surface area contributed by atoms with Crippen molar-refractivity contribution in [3.8, 4) is 0 Å². The third-order valence-electron chi connectivity index (χ3n) is 10.6. The fourth-order valence-electron chi connectivity index (χ4n) is 6.86. The summed E-state index contributed by atoms with van der Waals surface area (Å²) in [6.45, 7) is 4.60. The average molecular weight is 855 g/mol. The standard InChI is InChI=1S/C53H91NO7/c1-6-8-10-12-14-16-18-20-22-23-24-25-26-27-28-29-30-32-33-35-37-39-41-43-51(55)60-48-49(47-59-46-45-50(53(57)58)54(3,4)5)61-52(56)44-42-40-38-36-34-31-21-19-17-15-13-11-9-7-2/h8,10,14,16,20,22,24-25,27-28,30,32,49-50H,6-7,9,11-13,15,17-19,21,23,26,29,31,33-48H2,1-5H3/p+1/b10-8+,16-14+,22-20+,25-24+,28-27+,32-30+. The summed E-state index contributed by atoms with van der Waals surface area (Å²) in [4.78, 5) is 37.1. The highest BCUT2D eigenvalue weighted by Gasteiger charge is 2.31. The molecule has 2 unspecified atom stereocenters. The van der Waals surface area contributed by atoms with E-state index in [0.29, 0.717) is 19.3 Å². The molecule has 2 atom stereocenters. The van der Waals surface area contributed by atoms with E-state index in [1.807, 2.05) is 21.1 Å². The van der Waals surface area contributed by atoms with Gasteiger partial charge in [0.2, 0.25) is 0 Å². The molecule has 0 rings (SSSR count). The Morgan fingerprint density at radius 1 is 0.508 bits per heavy atom. The zero-order valence-electron chi connectivity index (χ0n) is 39.8. The lowest BCUT2D eigenvalue weighted by Crippen LogP contribution is -2.50. The smallest absolute Gasteiger partial charge is 0.362 e. The van der Waals surface area contributed by atoms with Crippen LogP contribution in [0, 0.1) is 0 Å². The molecule has 0 aliphatic heterocycles. The summed E-state index contributed by atoms with van der Waals surface area (Å²) in [5.41, 5.74) is 0. The molecule has 8 nitrogen and oxygen atoms in total. The van der Waals surface area contributed by atoms with E-state index >= 15 is 0 Å². The van der Waals surface area contributed by atoms with E-state index in [9.17, 15) is 19.5 Å². The van der Waals surface area contributed by atoms with Crippen molar-refractivity contribution >= 4 is 17.9 Å². The third kappa shape index (κ3) is 41.9. The SMILES string of the molecule is CC/C=C/C/C=C/C/C=C/C/C=C/C/C=C/C/C=C/CCCCCCC(=O)OCC(COCCC(C(=O)O)[N+](C)(C)C)OC(=O)CCCCCCCCCCCCCCCC. The summed E-state index contributed by atoms with van der Waals surface area (Å²) < 4.78 is 17.3. The number of nitrogens with zero attached hydrogens (tertiary/aromatic N) is 1. The predicted molar refractivity (Wildman–Crippen MR) is 257 cm³/mol. The molecular weight excluding hydrogens is 763 g/mol. The maximum atomic E-state index is 12.7. The van der Waals surface area contributed by atoms with E-state index in [1.165, 1.54) is 70.6 Å². The highest BCUT2D eigenvalue weighted by Crippen LogP contribution is 2.15. The quantitative estimate of drug-likeness (QED) is 0.0282. The number of unbranched alkanes of at least 4 members (excludes halogenated alkanes) is 17. The van der Waals surface area contributed by atoms with Gasteiger partial charge in [0.05, 0.1) is 34.4 Å². The number of esters is 2. The van der Waals surface area contributed by atoms with Crippen LogP contribution in [0.5, 0.6) is 0 Å². The monoisotopic (exact) mass is 855 g/mol. The van der Waals surface area contributed by atoms with Gasteiger partial charge < -0.3 is 23.8 Å². The molecule has 0 aliphatic carbocycles. The van der Waals surface area contributed by atoms with Crippen LogP contribution < -0.4 is 0 Å². The maximum Gasteiger partial charge on any atom is 0.362 e. The number of carbonyl (C=O) groups is 3. The minimum Gasteiger partial charge on any atom is -0.477 e. The van der Waals surface area contributed by atoms with Crippen LogP contribution in [0.1, 0.15) is 194 Å². The molecule has 0 aromatic heterocycles. The summed E-state index contributed by atoms with van der Waals surface area (Å²) in [6.07, 6.45) is 55.1. The Morgan fingerprint density at radius 3 is 1.36 bits per heavy atom. The van der Waals surface area contributed by atoms with E-state index in [0.717, 1.165) is 89.9 Å². The summed E-state index contributed by atoms with van der Waals surface area (Å²) >= 11 is 0. The number of quaternary nitrogens is 1. The molecule has 0 spiro atoms. The zero-order chi connectivity index (χ0) is 44.9. The second-order valence-electron chi connectivity index (χ2n) is 17.3. The van der Waals surface area contributed by atoms with E-state index in [1.54, 1.807) is 0 Å². The van der Waals surface area contributed by atoms with Crippen molar-refractivity contribution in [2.24, 2.45) is 0 Å². The van der Waals surface area contributed by atoms with Gasteiger partial charge in [-0.05, 0) is 64.2 Å².